The number of nitrogens with zero attached hydrogens (tertiary/aromatic N) is 4. The molecule has 0 atom stereocenters. The first-order chi connectivity index (χ1) is 7.72. The average Bonchev–Trinajstić information content (AvgIpc) is 2.56. The van der Waals surface area contributed by atoms with Crippen LogP contribution in [0.25, 0.3) is 21.5 Å². The number of oxazole rings is 1. The van der Waals surface area contributed by atoms with E-state index in [1.54, 1.807) is 6.07 Å². The lowest BCUT2D eigenvalue weighted by Gasteiger charge is -1.98. The highest BCUT2D eigenvalue weighted by molar-refractivity contribution is 5.73. The van der Waals surface area contributed by atoms with Crippen LogP contribution in [0.2, 0.25) is 0 Å². The maximum atomic E-state index is 11.5. The molecule has 0 N–H and O–H groups in total. The van der Waals surface area contributed by atoms with E-state index < -0.39 is 5.76 Å². The summed E-state index contributed by atoms with van der Waals surface area (Å²) in [6, 6.07) is 5.51. The van der Waals surface area contributed by atoms with Crippen LogP contribution in [0.3, 0.4) is 0 Å². The molecule has 0 aliphatic carbocycles. The maximum absolute atomic E-state index is 11.5. The Morgan fingerprint density at radius 2 is 2.38 bits per heavy atom. The lowest BCUT2D eigenvalue weighted by molar-refractivity contribution is 0.507. The number of rotatable bonds is 3. The van der Waals surface area contributed by atoms with Crippen LogP contribution in [0, 0.1) is 6.92 Å². The highest BCUT2D eigenvalue weighted by Gasteiger charge is 2.07. The van der Waals surface area contributed by atoms with Crippen molar-refractivity contribution in [3.63, 3.8) is 0 Å². The quantitative estimate of drug-likeness (QED) is 0.449. The van der Waals surface area contributed by atoms with Crippen LogP contribution in [-0.2, 0) is 6.54 Å². The molecule has 0 aliphatic heterocycles. The molecule has 2 rings (SSSR count). The van der Waals surface area contributed by atoms with Crippen LogP contribution in [0.5, 0.6) is 0 Å². The lowest BCUT2D eigenvalue weighted by Crippen LogP contribution is -2.15. The summed E-state index contributed by atoms with van der Waals surface area (Å²) in [6.07, 6.45) is 0. The smallest absolute Gasteiger partial charge is 0.408 e. The predicted molar refractivity (Wildman–Crippen MR) is 59.2 cm³/mol. The van der Waals surface area contributed by atoms with Crippen molar-refractivity contribution in [3.8, 4) is 0 Å². The number of benzene rings is 1. The van der Waals surface area contributed by atoms with Crippen molar-refractivity contribution < 1.29 is 4.42 Å². The monoisotopic (exact) mass is 218 g/mol. The van der Waals surface area contributed by atoms with Crippen molar-refractivity contribution >= 4 is 11.1 Å². The minimum absolute atomic E-state index is 0.235. The van der Waals surface area contributed by atoms with Crippen LogP contribution in [0.1, 0.15) is 5.56 Å². The molecule has 2 aromatic rings. The fraction of sp³-hybridized carbons (Fsp3) is 0.300. The molecule has 6 nitrogen and oxygen atoms in total. The Hall–Kier alpha value is -2.20. The van der Waals surface area contributed by atoms with E-state index in [1.165, 1.54) is 4.57 Å². The van der Waals surface area contributed by atoms with Gasteiger partial charge in [-0.3, -0.25) is 4.57 Å². The second-order valence-electron chi connectivity index (χ2n) is 3.45. The molecule has 0 saturated carbocycles. The van der Waals surface area contributed by atoms with Gasteiger partial charge in [-0.2, -0.15) is 0 Å². The Balaban J connectivity index is 2.49. The molecule has 6 heteroatoms. The Bertz CT molecular complexity index is 619. The van der Waals surface area contributed by atoms with Gasteiger partial charge in [0.15, 0.2) is 5.58 Å². The van der Waals surface area contributed by atoms with E-state index in [2.05, 4.69) is 10.0 Å². The second-order valence-corrected chi connectivity index (χ2v) is 3.45. The first-order valence-electron chi connectivity index (χ1n) is 4.83. The van der Waals surface area contributed by atoms with Crippen LogP contribution in [-0.4, -0.2) is 11.1 Å². The first-order valence-corrected chi connectivity index (χ1v) is 4.83. The van der Waals surface area contributed by atoms with E-state index in [4.69, 9.17) is 9.95 Å². The third kappa shape index (κ3) is 1.78. The summed E-state index contributed by atoms with van der Waals surface area (Å²) >= 11 is 0. The molecule has 1 heterocycles. The van der Waals surface area contributed by atoms with Crippen molar-refractivity contribution in [2.75, 3.05) is 6.54 Å². The van der Waals surface area contributed by atoms with Gasteiger partial charge in [0.05, 0.1) is 5.52 Å². The molecule has 82 valence electrons. The molecular weight excluding hydrogens is 208 g/mol. The van der Waals surface area contributed by atoms with Crippen molar-refractivity contribution in [2.24, 2.45) is 5.11 Å². The number of azide groups is 1. The number of aromatic nitrogens is 1. The Labute approximate surface area is 90.7 Å². The maximum Gasteiger partial charge on any atom is 0.419 e. The molecular formula is C10H10N4O2. The van der Waals surface area contributed by atoms with Crippen molar-refractivity contribution in [1.82, 2.24) is 4.57 Å². The van der Waals surface area contributed by atoms with Gasteiger partial charge >= 0.3 is 5.76 Å². The Morgan fingerprint density at radius 1 is 1.56 bits per heavy atom. The van der Waals surface area contributed by atoms with E-state index in [0.29, 0.717) is 12.1 Å². The number of hydrogen-bond acceptors (Lipinski definition) is 3. The SMILES string of the molecule is Cc1ccc2oc(=O)n(CCN=[N+]=[N-])c2c1. The highest BCUT2D eigenvalue weighted by Crippen LogP contribution is 2.14. The van der Waals surface area contributed by atoms with E-state index in [1.807, 2.05) is 19.1 Å². The summed E-state index contributed by atoms with van der Waals surface area (Å²) in [5, 5.41) is 3.40. The molecule has 0 fully saturated rings. The molecule has 1 aromatic heterocycles. The van der Waals surface area contributed by atoms with Gasteiger partial charge in [-0.1, -0.05) is 11.2 Å². The molecule has 0 bridgehead atoms. The van der Waals surface area contributed by atoms with Crippen LogP contribution >= 0.6 is 0 Å². The number of fused-ring (bicyclic) bond motifs is 1. The van der Waals surface area contributed by atoms with Crippen LogP contribution < -0.4 is 5.76 Å². The zero-order valence-corrected chi connectivity index (χ0v) is 8.75. The van der Waals surface area contributed by atoms with Gasteiger partial charge in [0.1, 0.15) is 0 Å². The van der Waals surface area contributed by atoms with Crippen LogP contribution in [0.4, 0.5) is 0 Å². The summed E-state index contributed by atoms with van der Waals surface area (Å²) < 4.78 is 6.53. The van der Waals surface area contributed by atoms with Crippen molar-refractivity contribution in [3.05, 3.63) is 44.8 Å². The number of hydrogen-bond donors (Lipinski definition) is 0. The fourth-order valence-electron chi connectivity index (χ4n) is 1.57. The summed E-state index contributed by atoms with van der Waals surface area (Å²) in [5.74, 6) is -0.422. The van der Waals surface area contributed by atoms with Gasteiger partial charge in [0.25, 0.3) is 0 Å². The molecule has 1 aromatic carbocycles. The van der Waals surface area contributed by atoms with Gasteiger partial charge in [0, 0.05) is 18.0 Å². The van der Waals surface area contributed by atoms with E-state index in [-0.39, 0.29) is 6.54 Å². The number of aryl methyl sites for hydroxylation is 1. The van der Waals surface area contributed by atoms with Gasteiger partial charge in [0.2, 0.25) is 0 Å². The second kappa shape index (κ2) is 4.12. The normalized spacial score (nSPS) is 10.3. The summed E-state index contributed by atoms with van der Waals surface area (Å²) in [6.45, 7) is 2.51. The molecule has 0 saturated heterocycles. The largest absolute Gasteiger partial charge is 0.419 e. The van der Waals surface area contributed by atoms with Crippen molar-refractivity contribution in [1.29, 1.82) is 0 Å². The highest BCUT2D eigenvalue weighted by atomic mass is 16.4. The average molecular weight is 218 g/mol. The Kier molecular flexibility index (Phi) is 2.66. The zero-order valence-electron chi connectivity index (χ0n) is 8.75. The van der Waals surface area contributed by atoms with Gasteiger partial charge < -0.3 is 4.42 Å². The molecule has 0 spiro atoms. The van der Waals surface area contributed by atoms with E-state index >= 15 is 0 Å². The standard InChI is InChI=1S/C10H10N4O2/c1-7-2-3-9-8(6-7)14(10(15)16-9)5-4-12-13-11/h2-3,6H,4-5H2,1H3. The van der Waals surface area contributed by atoms with Gasteiger partial charge in [-0.05, 0) is 30.2 Å². The summed E-state index contributed by atoms with van der Waals surface area (Å²) in [4.78, 5) is 14.1. The summed E-state index contributed by atoms with van der Waals surface area (Å²) in [5.41, 5.74) is 10.5. The van der Waals surface area contributed by atoms with Crippen LogP contribution in [0.15, 0.2) is 32.5 Å². The molecule has 0 radical (unpaired) electrons. The minimum atomic E-state index is -0.422. The third-order valence-electron chi connectivity index (χ3n) is 2.31. The molecule has 0 aliphatic rings. The van der Waals surface area contributed by atoms with Gasteiger partial charge in [-0.25, -0.2) is 4.79 Å². The fourth-order valence-corrected chi connectivity index (χ4v) is 1.57. The first kappa shape index (κ1) is 10.3. The zero-order chi connectivity index (χ0) is 11.5. The minimum Gasteiger partial charge on any atom is -0.408 e. The predicted octanol–water partition coefficient (Wildman–Crippen LogP) is 2.21. The molecule has 0 amide bonds. The van der Waals surface area contributed by atoms with E-state index in [0.717, 1.165) is 11.1 Å². The van der Waals surface area contributed by atoms with E-state index in [9.17, 15) is 4.79 Å². The molecule has 16 heavy (non-hydrogen) atoms. The molecule has 0 unspecified atom stereocenters. The summed E-state index contributed by atoms with van der Waals surface area (Å²) in [7, 11) is 0. The third-order valence-corrected chi connectivity index (χ3v) is 2.31. The van der Waals surface area contributed by atoms with Crippen molar-refractivity contribution in [2.45, 2.75) is 13.5 Å². The van der Waals surface area contributed by atoms with Gasteiger partial charge in [-0.15, -0.1) is 0 Å². The Morgan fingerprint density at radius 3 is 3.12 bits per heavy atom. The lowest BCUT2D eigenvalue weighted by atomic mass is 10.2. The topological polar surface area (TPSA) is 83.9 Å².